The van der Waals surface area contributed by atoms with Crippen LogP contribution in [0.3, 0.4) is 0 Å². The molecule has 6 nitrogen and oxygen atoms in total. The van der Waals surface area contributed by atoms with Gasteiger partial charge in [0.15, 0.2) is 0 Å². The predicted molar refractivity (Wildman–Crippen MR) is 113 cm³/mol. The molecule has 0 amide bonds. The van der Waals surface area contributed by atoms with Crippen LogP contribution in [0.4, 0.5) is 0 Å². The predicted octanol–water partition coefficient (Wildman–Crippen LogP) is 4.53. The lowest BCUT2D eigenvalue weighted by atomic mass is 9.81. The van der Waals surface area contributed by atoms with E-state index >= 15 is 0 Å². The van der Waals surface area contributed by atoms with E-state index in [1.54, 1.807) is 0 Å². The van der Waals surface area contributed by atoms with Crippen molar-refractivity contribution in [2.75, 3.05) is 0 Å². The smallest absolute Gasteiger partial charge is 0.148 e. The van der Waals surface area contributed by atoms with E-state index in [1.165, 1.54) is 5.56 Å². The fourth-order valence-electron chi connectivity index (χ4n) is 3.47. The van der Waals surface area contributed by atoms with Gasteiger partial charge in [-0.25, -0.2) is 10.1 Å². The first kappa shape index (κ1) is 19.1. The standard InChI is InChI=1S/C23H25N5O/c1-23(2,13-12-22-25-27-28-26-22)15-17-6-5-8-20(14-17)29-16-19-11-10-18-7-3-4-9-21(18)24-19/h3-11,14H,12-13,15-16H2,1-2H3,(H,25,26,27,28). The van der Waals surface area contributed by atoms with Gasteiger partial charge in [-0.2, -0.15) is 0 Å². The minimum Gasteiger partial charge on any atom is -0.487 e. The van der Waals surface area contributed by atoms with Gasteiger partial charge in [-0.3, -0.25) is 0 Å². The number of aryl methyl sites for hydroxylation is 1. The summed E-state index contributed by atoms with van der Waals surface area (Å²) in [5, 5.41) is 15.2. The fourth-order valence-corrected chi connectivity index (χ4v) is 3.47. The summed E-state index contributed by atoms with van der Waals surface area (Å²) in [6, 6.07) is 20.6. The van der Waals surface area contributed by atoms with Gasteiger partial charge in [0, 0.05) is 11.8 Å². The lowest BCUT2D eigenvalue weighted by Gasteiger charge is -2.24. The average Bonchev–Trinajstić information content (AvgIpc) is 3.24. The van der Waals surface area contributed by atoms with Crippen molar-refractivity contribution < 1.29 is 4.74 Å². The third kappa shape index (κ3) is 5.16. The number of nitrogens with one attached hydrogen (secondary N) is 1. The zero-order valence-corrected chi connectivity index (χ0v) is 16.8. The van der Waals surface area contributed by atoms with Gasteiger partial charge in [0.2, 0.25) is 0 Å². The highest BCUT2D eigenvalue weighted by molar-refractivity contribution is 5.78. The third-order valence-electron chi connectivity index (χ3n) is 5.05. The molecule has 4 aromatic rings. The SMILES string of the molecule is CC(C)(CCc1nnn[nH]1)Cc1cccc(OCc2ccc3ccccc3n2)c1. The second-order valence-corrected chi connectivity index (χ2v) is 8.12. The Hall–Kier alpha value is -3.28. The van der Waals surface area contributed by atoms with Crippen molar-refractivity contribution >= 4 is 10.9 Å². The van der Waals surface area contributed by atoms with Crippen molar-refractivity contribution in [3.05, 3.63) is 77.7 Å². The van der Waals surface area contributed by atoms with E-state index in [0.717, 1.165) is 47.4 Å². The van der Waals surface area contributed by atoms with Gasteiger partial charge < -0.3 is 4.74 Å². The highest BCUT2D eigenvalue weighted by Crippen LogP contribution is 2.28. The monoisotopic (exact) mass is 387 g/mol. The highest BCUT2D eigenvalue weighted by atomic mass is 16.5. The number of para-hydroxylation sites is 1. The van der Waals surface area contributed by atoms with Gasteiger partial charge in [0.05, 0.1) is 11.2 Å². The van der Waals surface area contributed by atoms with E-state index in [1.807, 2.05) is 30.3 Å². The molecule has 0 saturated heterocycles. The zero-order chi connectivity index (χ0) is 20.1. The summed E-state index contributed by atoms with van der Waals surface area (Å²) < 4.78 is 6.02. The number of tetrazole rings is 1. The van der Waals surface area contributed by atoms with E-state index in [0.29, 0.717) is 6.61 Å². The molecule has 0 bridgehead atoms. The number of aromatic nitrogens is 5. The Morgan fingerprint density at radius 2 is 1.90 bits per heavy atom. The van der Waals surface area contributed by atoms with Crippen molar-refractivity contribution in [3.63, 3.8) is 0 Å². The fraction of sp³-hybridized carbons (Fsp3) is 0.304. The Morgan fingerprint density at radius 3 is 2.76 bits per heavy atom. The van der Waals surface area contributed by atoms with Crippen LogP contribution in [-0.4, -0.2) is 25.6 Å². The molecule has 4 rings (SSSR count). The Kier molecular flexibility index (Phi) is 5.51. The van der Waals surface area contributed by atoms with Crippen LogP contribution in [0, 0.1) is 5.41 Å². The maximum Gasteiger partial charge on any atom is 0.148 e. The summed E-state index contributed by atoms with van der Waals surface area (Å²) in [6.07, 6.45) is 2.79. The molecule has 0 aliphatic carbocycles. The minimum absolute atomic E-state index is 0.130. The summed E-state index contributed by atoms with van der Waals surface area (Å²) >= 11 is 0. The maximum atomic E-state index is 6.02. The highest BCUT2D eigenvalue weighted by Gasteiger charge is 2.19. The molecule has 0 saturated carbocycles. The van der Waals surface area contributed by atoms with Crippen molar-refractivity contribution in [2.24, 2.45) is 5.41 Å². The molecule has 1 N–H and O–H groups in total. The summed E-state index contributed by atoms with van der Waals surface area (Å²) in [4.78, 5) is 4.68. The molecule has 0 spiro atoms. The van der Waals surface area contributed by atoms with Crippen LogP contribution in [0.5, 0.6) is 5.75 Å². The molecule has 2 heterocycles. The molecule has 2 aromatic carbocycles. The number of ether oxygens (including phenoxy) is 1. The van der Waals surface area contributed by atoms with Crippen LogP contribution in [0.2, 0.25) is 0 Å². The number of pyridine rings is 1. The van der Waals surface area contributed by atoms with Crippen molar-refractivity contribution in [2.45, 2.75) is 39.7 Å². The van der Waals surface area contributed by atoms with Crippen LogP contribution in [0.1, 0.15) is 37.4 Å². The van der Waals surface area contributed by atoms with E-state index in [9.17, 15) is 0 Å². The van der Waals surface area contributed by atoms with Crippen molar-refractivity contribution in [1.29, 1.82) is 0 Å². The van der Waals surface area contributed by atoms with Gasteiger partial charge in [-0.1, -0.05) is 50.2 Å². The molecule has 6 heteroatoms. The summed E-state index contributed by atoms with van der Waals surface area (Å²) in [5.74, 6) is 1.70. The number of rotatable bonds is 8. The molecule has 0 aliphatic rings. The molecule has 2 aromatic heterocycles. The first-order valence-electron chi connectivity index (χ1n) is 9.86. The second-order valence-electron chi connectivity index (χ2n) is 8.12. The first-order valence-corrected chi connectivity index (χ1v) is 9.86. The van der Waals surface area contributed by atoms with E-state index < -0.39 is 0 Å². The lowest BCUT2D eigenvalue weighted by Crippen LogP contribution is -2.16. The number of H-pyrrole nitrogens is 1. The number of fused-ring (bicyclic) bond motifs is 1. The molecule has 0 fully saturated rings. The van der Waals surface area contributed by atoms with Crippen LogP contribution in [-0.2, 0) is 19.4 Å². The second kappa shape index (κ2) is 8.39. The van der Waals surface area contributed by atoms with Crippen LogP contribution in [0.15, 0.2) is 60.7 Å². The van der Waals surface area contributed by atoms with Gasteiger partial charge in [0.25, 0.3) is 0 Å². The topological polar surface area (TPSA) is 76.6 Å². The minimum atomic E-state index is 0.130. The Labute approximate surface area is 170 Å². The summed E-state index contributed by atoms with van der Waals surface area (Å²) in [6.45, 7) is 4.99. The van der Waals surface area contributed by atoms with Crippen LogP contribution in [0.25, 0.3) is 10.9 Å². The number of aromatic amines is 1. The van der Waals surface area contributed by atoms with Gasteiger partial charge in [-0.05, 0) is 58.5 Å². The van der Waals surface area contributed by atoms with Crippen molar-refractivity contribution in [3.8, 4) is 5.75 Å². The summed E-state index contributed by atoms with van der Waals surface area (Å²) in [7, 11) is 0. The quantitative estimate of drug-likeness (QED) is 0.481. The third-order valence-corrected chi connectivity index (χ3v) is 5.05. The molecular formula is C23H25N5O. The van der Waals surface area contributed by atoms with Gasteiger partial charge >= 0.3 is 0 Å². The summed E-state index contributed by atoms with van der Waals surface area (Å²) in [5.41, 5.74) is 3.31. The van der Waals surface area contributed by atoms with E-state index in [2.05, 4.69) is 69.8 Å². The first-order chi connectivity index (χ1) is 14.1. The molecule has 148 valence electrons. The lowest BCUT2D eigenvalue weighted by molar-refractivity contribution is 0.299. The molecule has 0 aliphatic heterocycles. The van der Waals surface area contributed by atoms with Gasteiger partial charge in [0.1, 0.15) is 18.2 Å². The van der Waals surface area contributed by atoms with Crippen LogP contribution < -0.4 is 4.74 Å². The molecule has 0 atom stereocenters. The number of benzene rings is 2. The Morgan fingerprint density at radius 1 is 1.00 bits per heavy atom. The average molecular weight is 387 g/mol. The number of hydrogen-bond donors (Lipinski definition) is 1. The molecule has 29 heavy (non-hydrogen) atoms. The number of nitrogens with zero attached hydrogens (tertiary/aromatic N) is 4. The Bertz CT molecular complexity index is 1080. The molecule has 0 radical (unpaired) electrons. The Balaban J connectivity index is 1.37. The molecular weight excluding hydrogens is 362 g/mol. The van der Waals surface area contributed by atoms with Crippen LogP contribution >= 0.6 is 0 Å². The largest absolute Gasteiger partial charge is 0.487 e. The molecule has 0 unspecified atom stereocenters. The van der Waals surface area contributed by atoms with E-state index in [-0.39, 0.29) is 5.41 Å². The normalized spacial score (nSPS) is 11.7. The van der Waals surface area contributed by atoms with E-state index in [4.69, 9.17) is 4.74 Å². The zero-order valence-electron chi connectivity index (χ0n) is 16.8. The number of hydrogen-bond acceptors (Lipinski definition) is 5. The maximum absolute atomic E-state index is 6.02. The van der Waals surface area contributed by atoms with Crippen molar-refractivity contribution in [1.82, 2.24) is 25.6 Å². The van der Waals surface area contributed by atoms with Gasteiger partial charge in [-0.15, -0.1) is 5.10 Å².